The predicted molar refractivity (Wildman–Crippen MR) is 80.7 cm³/mol. The molecular formula is C16H17BrFN. The Morgan fingerprint density at radius 2 is 1.89 bits per heavy atom. The van der Waals surface area contributed by atoms with Crippen molar-refractivity contribution in [2.45, 2.75) is 18.9 Å². The van der Waals surface area contributed by atoms with E-state index < -0.39 is 0 Å². The second-order valence-corrected chi connectivity index (χ2v) is 5.38. The molecule has 0 aliphatic rings. The zero-order chi connectivity index (χ0) is 13.7. The minimum absolute atomic E-state index is 0.182. The van der Waals surface area contributed by atoms with E-state index in [4.69, 9.17) is 0 Å². The van der Waals surface area contributed by atoms with Crippen LogP contribution in [0, 0.1) is 5.82 Å². The van der Waals surface area contributed by atoms with Crippen molar-refractivity contribution in [2.24, 2.45) is 0 Å². The third-order valence-electron chi connectivity index (χ3n) is 3.26. The lowest BCUT2D eigenvalue weighted by Gasteiger charge is -2.17. The first-order chi connectivity index (χ1) is 9.20. The van der Waals surface area contributed by atoms with Crippen LogP contribution < -0.4 is 5.32 Å². The average Bonchev–Trinajstić information content (AvgIpc) is 2.44. The van der Waals surface area contributed by atoms with E-state index in [1.165, 1.54) is 11.6 Å². The zero-order valence-electron chi connectivity index (χ0n) is 10.9. The molecule has 2 aromatic carbocycles. The maximum atomic E-state index is 13.2. The third-order valence-corrected chi connectivity index (χ3v) is 4.03. The van der Waals surface area contributed by atoms with Gasteiger partial charge in [-0.15, -0.1) is 0 Å². The molecule has 1 nitrogen and oxygen atoms in total. The van der Waals surface area contributed by atoms with Gasteiger partial charge in [-0.3, -0.25) is 0 Å². The van der Waals surface area contributed by atoms with Gasteiger partial charge in [0, 0.05) is 10.5 Å². The van der Waals surface area contributed by atoms with E-state index in [2.05, 4.69) is 33.4 Å². The molecule has 0 aliphatic heterocycles. The van der Waals surface area contributed by atoms with Crippen molar-refractivity contribution in [3.8, 4) is 0 Å². The summed E-state index contributed by atoms with van der Waals surface area (Å²) in [6.45, 7) is 0. The van der Waals surface area contributed by atoms with E-state index in [1.807, 2.05) is 25.2 Å². The monoisotopic (exact) mass is 321 g/mol. The van der Waals surface area contributed by atoms with Gasteiger partial charge in [0.1, 0.15) is 5.82 Å². The number of halogens is 2. The van der Waals surface area contributed by atoms with Crippen molar-refractivity contribution in [3.63, 3.8) is 0 Å². The first-order valence-electron chi connectivity index (χ1n) is 6.37. The standard InChI is InChI=1S/C16H17BrFN/c1-19-16(12-5-3-2-4-6-12)10-7-13-11-14(18)8-9-15(13)17/h2-6,8-9,11,16,19H,7,10H2,1H3. The molecule has 0 bridgehead atoms. The number of rotatable bonds is 5. The molecule has 0 saturated heterocycles. The third kappa shape index (κ3) is 3.88. The summed E-state index contributed by atoms with van der Waals surface area (Å²) >= 11 is 3.47. The van der Waals surface area contributed by atoms with E-state index in [0.717, 1.165) is 22.9 Å². The van der Waals surface area contributed by atoms with Gasteiger partial charge >= 0.3 is 0 Å². The van der Waals surface area contributed by atoms with E-state index in [1.54, 1.807) is 12.1 Å². The number of hydrogen-bond acceptors (Lipinski definition) is 1. The van der Waals surface area contributed by atoms with Gasteiger partial charge < -0.3 is 5.32 Å². The molecule has 1 atom stereocenters. The molecule has 0 spiro atoms. The maximum absolute atomic E-state index is 13.2. The SMILES string of the molecule is CNC(CCc1cc(F)ccc1Br)c1ccccc1. The summed E-state index contributed by atoms with van der Waals surface area (Å²) in [5.74, 6) is -0.182. The van der Waals surface area contributed by atoms with Crippen molar-refractivity contribution in [1.82, 2.24) is 5.32 Å². The lowest BCUT2D eigenvalue weighted by molar-refractivity contribution is 0.547. The highest BCUT2D eigenvalue weighted by Gasteiger charge is 2.10. The Morgan fingerprint density at radius 3 is 2.58 bits per heavy atom. The van der Waals surface area contributed by atoms with Crippen LogP contribution in [0.15, 0.2) is 53.0 Å². The van der Waals surface area contributed by atoms with Crippen LogP contribution in [0.3, 0.4) is 0 Å². The van der Waals surface area contributed by atoms with Crippen molar-refractivity contribution < 1.29 is 4.39 Å². The number of hydrogen-bond donors (Lipinski definition) is 1. The molecule has 19 heavy (non-hydrogen) atoms. The molecule has 2 aromatic rings. The quantitative estimate of drug-likeness (QED) is 0.856. The van der Waals surface area contributed by atoms with Crippen LogP contribution in [-0.2, 0) is 6.42 Å². The Kier molecular flexibility index (Phi) is 5.11. The van der Waals surface area contributed by atoms with Crippen LogP contribution in [0.1, 0.15) is 23.6 Å². The minimum atomic E-state index is -0.182. The summed E-state index contributed by atoms with van der Waals surface area (Å²) in [5.41, 5.74) is 2.27. The molecule has 100 valence electrons. The smallest absolute Gasteiger partial charge is 0.123 e. The molecule has 0 amide bonds. The fraction of sp³-hybridized carbons (Fsp3) is 0.250. The Balaban J connectivity index is 2.06. The van der Waals surface area contributed by atoms with Gasteiger partial charge in [-0.1, -0.05) is 46.3 Å². The van der Waals surface area contributed by atoms with E-state index in [9.17, 15) is 4.39 Å². The minimum Gasteiger partial charge on any atom is -0.313 e. The fourth-order valence-corrected chi connectivity index (χ4v) is 2.64. The van der Waals surface area contributed by atoms with Crippen LogP contribution in [0.2, 0.25) is 0 Å². The second kappa shape index (κ2) is 6.83. The maximum Gasteiger partial charge on any atom is 0.123 e. The van der Waals surface area contributed by atoms with Crippen molar-refractivity contribution >= 4 is 15.9 Å². The summed E-state index contributed by atoms with van der Waals surface area (Å²) < 4.78 is 14.2. The van der Waals surface area contributed by atoms with Gasteiger partial charge in [0.05, 0.1) is 0 Å². The van der Waals surface area contributed by atoms with Gasteiger partial charge in [-0.2, -0.15) is 0 Å². The van der Waals surface area contributed by atoms with E-state index in [-0.39, 0.29) is 11.9 Å². The lowest BCUT2D eigenvalue weighted by atomic mass is 9.99. The summed E-state index contributed by atoms with van der Waals surface area (Å²) in [7, 11) is 1.96. The number of benzene rings is 2. The van der Waals surface area contributed by atoms with Crippen molar-refractivity contribution in [3.05, 3.63) is 69.9 Å². The number of aryl methyl sites for hydroxylation is 1. The van der Waals surface area contributed by atoms with Gasteiger partial charge in [-0.25, -0.2) is 4.39 Å². The molecule has 0 saturated carbocycles. The highest BCUT2D eigenvalue weighted by atomic mass is 79.9. The summed E-state index contributed by atoms with van der Waals surface area (Å²) in [5, 5.41) is 3.31. The molecular weight excluding hydrogens is 305 g/mol. The van der Waals surface area contributed by atoms with Crippen molar-refractivity contribution in [1.29, 1.82) is 0 Å². The summed E-state index contributed by atoms with van der Waals surface area (Å²) in [6.07, 6.45) is 1.77. The van der Waals surface area contributed by atoms with E-state index >= 15 is 0 Å². The largest absolute Gasteiger partial charge is 0.313 e. The Hall–Kier alpha value is -1.19. The highest BCUT2D eigenvalue weighted by Crippen LogP contribution is 2.23. The van der Waals surface area contributed by atoms with Crippen LogP contribution in [-0.4, -0.2) is 7.05 Å². The summed E-state index contributed by atoms with van der Waals surface area (Å²) in [4.78, 5) is 0. The lowest BCUT2D eigenvalue weighted by Crippen LogP contribution is -2.17. The molecule has 0 aromatic heterocycles. The normalized spacial score (nSPS) is 12.4. The highest BCUT2D eigenvalue weighted by molar-refractivity contribution is 9.10. The molecule has 0 fully saturated rings. The van der Waals surface area contributed by atoms with Crippen LogP contribution in [0.25, 0.3) is 0 Å². The van der Waals surface area contributed by atoms with Crippen LogP contribution in [0.5, 0.6) is 0 Å². The molecule has 2 rings (SSSR count). The average molecular weight is 322 g/mol. The molecule has 1 N–H and O–H groups in total. The van der Waals surface area contributed by atoms with Crippen molar-refractivity contribution in [2.75, 3.05) is 7.05 Å². The zero-order valence-corrected chi connectivity index (χ0v) is 12.5. The van der Waals surface area contributed by atoms with Crippen LogP contribution >= 0.6 is 15.9 Å². The fourth-order valence-electron chi connectivity index (χ4n) is 2.20. The Bertz CT molecular complexity index is 528. The van der Waals surface area contributed by atoms with Gasteiger partial charge in [0.2, 0.25) is 0 Å². The topological polar surface area (TPSA) is 12.0 Å². The van der Waals surface area contributed by atoms with Gasteiger partial charge in [0.15, 0.2) is 0 Å². The molecule has 0 aliphatic carbocycles. The summed E-state index contributed by atoms with van der Waals surface area (Å²) in [6, 6.07) is 15.4. The first kappa shape index (κ1) is 14.2. The molecule has 0 radical (unpaired) electrons. The molecule has 3 heteroatoms. The molecule has 0 heterocycles. The Labute approximate surface area is 122 Å². The number of nitrogens with one attached hydrogen (secondary N) is 1. The molecule has 1 unspecified atom stereocenters. The Morgan fingerprint density at radius 1 is 1.16 bits per heavy atom. The van der Waals surface area contributed by atoms with Gasteiger partial charge in [0.25, 0.3) is 0 Å². The van der Waals surface area contributed by atoms with E-state index in [0.29, 0.717) is 0 Å². The predicted octanol–water partition coefficient (Wildman–Crippen LogP) is 4.48. The first-order valence-corrected chi connectivity index (χ1v) is 7.16. The van der Waals surface area contributed by atoms with Crippen LogP contribution in [0.4, 0.5) is 4.39 Å². The van der Waals surface area contributed by atoms with Gasteiger partial charge in [-0.05, 0) is 49.2 Å². The second-order valence-electron chi connectivity index (χ2n) is 4.53.